The van der Waals surface area contributed by atoms with Crippen LogP contribution in [0.25, 0.3) is 0 Å². The summed E-state index contributed by atoms with van der Waals surface area (Å²) < 4.78 is 24.0. The Labute approximate surface area is 89.4 Å². The Morgan fingerprint density at radius 2 is 2.21 bits per heavy atom. The number of rotatable bonds is 3. The molecule has 0 amide bonds. The minimum atomic E-state index is -3.49. The molecule has 0 saturated carbocycles. The van der Waals surface area contributed by atoms with Gasteiger partial charge in [0.15, 0.2) is 0 Å². The molecule has 0 saturated heterocycles. The first-order valence-corrected chi connectivity index (χ1v) is 6.38. The lowest BCUT2D eigenvalue weighted by molar-refractivity contribution is 0.0703. The summed E-state index contributed by atoms with van der Waals surface area (Å²) in [6.07, 6.45) is 0.935. The van der Waals surface area contributed by atoms with Gasteiger partial charge in [-0.3, -0.25) is 4.72 Å². The summed E-state index contributed by atoms with van der Waals surface area (Å²) in [5, 5.41) is 8.69. The molecule has 0 spiro atoms. The molecule has 8 heteroatoms. The molecule has 5 nitrogen and oxygen atoms in total. The van der Waals surface area contributed by atoms with Crippen molar-refractivity contribution < 1.29 is 18.3 Å². The van der Waals surface area contributed by atoms with Gasteiger partial charge in [0.05, 0.1) is 16.3 Å². The van der Waals surface area contributed by atoms with Gasteiger partial charge in [0.1, 0.15) is 4.88 Å². The second kappa shape index (κ2) is 3.76. The van der Waals surface area contributed by atoms with Crippen molar-refractivity contribution in [2.45, 2.75) is 0 Å². The highest BCUT2D eigenvalue weighted by molar-refractivity contribution is 7.92. The fraction of sp³-hybridized carbons (Fsp3) is 0.167. The zero-order chi connectivity index (χ0) is 10.9. The maximum atomic E-state index is 10.8. The van der Waals surface area contributed by atoms with Gasteiger partial charge in [-0.1, -0.05) is 11.6 Å². The number of sulfonamides is 1. The lowest BCUT2D eigenvalue weighted by atomic mass is 10.4. The van der Waals surface area contributed by atoms with Crippen molar-refractivity contribution in [2.24, 2.45) is 0 Å². The lowest BCUT2D eigenvalue weighted by Gasteiger charge is -2.00. The number of carboxylic acids is 1. The Balaban J connectivity index is 3.14. The molecule has 0 bridgehead atoms. The van der Waals surface area contributed by atoms with Crippen molar-refractivity contribution in [2.75, 3.05) is 11.0 Å². The molecule has 2 N–H and O–H groups in total. The van der Waals surface area contributed by atoms with E-state index in [0.717, 1.165) is 17.6 Å². The average Bonchev–Trinajstić information content (AvgIpc) is 2.27. The lowest BCUT2D eigenvalue weighted by Crippen LogP contribution is -2.11. The molecule has 0 atom stereocenters. The molecule has 1 heterocycles. The topological polar surface area (TPSA) is 83.5 Å². The van der Waals surface area contributed by atoms with Crippen molar-refractivity contribution in [1.29, 1.82) is 0 Å². The standard InChI is InChI=1S/C6H6ClNO4S2/c1-14(11,12)8-3-2-4(7)13-5(3)6(9)10/h2,8H,1H3,(H,9,10). The Hall–Kier alpha value is -0.790. The van der Waals surface area contributed by atoms with E-state index in [1.165, 1.54) is 6.07 Å². The minimum absolute atomic E-state index is 0.00463. The van der Waals surface area contributed by atoms with E-state index < -0.39 is 16.0 Å². The molecule has 0 aliphatic rings. The highest BCUT2D eigenvalue weighted by atomic mass is 35.5. The predicted octanol–water partition coefficient (Wildman–Crippen LogP) is 1.47. The normalized spacial score (nSPS) is 11.3. The van der Waals surface area contributed by atoms with Crippen LogP contribution in [0.3, 0.4) is 0 Å². The molecule has 0 radical (unpaired) electrons. The fourth-order valence-corrected chi connectivity index (χ4v) is 2.44. The Bertz CT molecular complexity index is 464. The summed E-state index contributed by atoms with van der Waals surface area (Å²) in [7, 11) is -3.49. The van der Waals surface area contributed by atoms with Crippen LogP contribution in [-0.4, -0.2) is 25.7 Å². The van der Waals surface area contributed by atoms with Gasteiger partial charge < -0.3 is 5.11 Å². The summed E-state index contributed by atoms with van der Waals surface area (Å²) in [6.45, 7) is 0. The van der Waals surface area contributed by atoms with Crippen LogP contribution in [0.2, 0.25) is 4.34 Å². The van der Waals surface area contributed by atoms with E-state index in [1.807, 2.05) is 0 Å². The molecule has 78 valence electrons. The number of carboxylic acid groups (broad SMARTS) is 1. The Morgan fingerprint density at radius 3 is 2.64 bits per heavy atom. The van der Waals surface area contributed by atoms with Gasteiger partial charge >= 0.3 is 5.97 Å². The van der Waals surface area contributed by atoms with Crippen LogP contribution in [-0.2, 0) is 10.0 Å². The maximum absolute atomic E-state index is 10.8. The summed E-state index contributed by atoms with van der Waals surface area (Å²) in [6, 6.07) is 1.26. The van der Waals surface area contributed by atoms with E-state index in [9.17, 15) is 13.2 Å². The number of nitrogens with one attached hydrogen (secondary N) is 1. The highest BCUT2D eigenvalue weighted by Gasteiger charge is 2.16. The molecule has 0 aliphatic heterocycles. The first-order chi connectivity index (χ1) is 6.29. The van der Waals surface area contributed by atoms with Crippen molar-refractivity contribution in [3.8, 4) is 0 Å². The summed E-state index contributed by atoms with van der Waals surface area (Å²) in [5.74, 6) is -1.21. The van der Waals surface area contributed by atoms with Crippen LogP contribution in [0, 0.1) is 0 Å². The molecule has 0 aromatic carbocycles. The van der Waals surface area contributed by atoms with Gasteiger partial charge in [-0.05, 0) is 6.07 Å². The number of thiophene rings is 1. The van der Waals surface area contributed by atoms with E-state index in [4.69, 9.17) is 16.7 Å². The summed E-state index contributed by atoms with van der Waals surface area (Å²) in [5.41, 5.74) is -0.00463. The first-order valence-electron chi connectivity index (χ1n) is 3.30. The number of hydrogen-bond acceptors (Lipinski definition) is 4. The third kappa shape index (κ3) is 2.86. The fourth-order valence-electron chi connectivity index (χ4n) is 0.795. The molecule has 0 aliphatic carbocycles. The monoisotopic (exact) mass is 255 g/mol. The van der Waals surface area contributed by atoms with Gasteiger partial charge in [0, 0.05) is 0 Å². The van der Waals surface area contributed by atoms with Crippen molar-refractivity contribution in [3.63, 3.8) is 0 Å². The van der Waals surface area contributed by atoms with Crippen molar-refractivity contribution in [1.82, 2.24) is 0 Å². The molecule has 1 rings (SSSR count). The van der Waals surface area contributed by atoms with Crippen LogP contribution >= 0.6 is 22.9 Å². The minimum Gasteiger partial charge on any atom is -0.477 e. The van der Waals surface area contributed by atoms with Crippen LogP contribution in [0.1, 0.15) is 9.67 Å². The van der Waals surface area contributed by atoms with Crippen LogP contribution < -0.4 is 4.72 Å². The second-order valence-electron chi connectivity index (χ2n) is 2.47. The first kappa shape index (κ1) is 11.3. The van der Waals surface area contributed by atoms with Gasteiger partial charge in [-0.15, -0.1) is 11.3 Å². The zero-order valence-corrected chi connectivity index (χ0v) is 9.33. The van der Waals surface area contributed by atoms with Crippen molar-refractivity contribution >= 4 is 44.6 Å². The Kier molecular flexibility index (Phi) is 3.03. The molecule has 0 unspecified atom stereocenters. The van der Waals surface area contributed by atoms with Gasteiger partial charge in [0.2, 0.25) is 10.0 Å². The van der Waals surface area contributed by atoms with Crippen LogP contribution in [0.5, 0.6) is 0 Å². The van der Waals surface area contributed by atoms with E-state index in [0.29, 0.717) is 0 Å². The molecule has 0 fully saturated rings. The largest absolute Gasteiger partial charge is 0.477 e. The van der Waals surface area contributed by atoms with E-state index >= 15 is 0 Å². The highest BCUT2D eigenvalue weighted by Crippen LogP contribution is 2.31. The average molecular weight is 256 g/mol. The second-order valence-corrected chi connectivity index (χ2v) is 5.90. The molecule has 1 aromatic heterocycles. The molecule has 14 heavy (non-hydrogen) atoms. The van der Waals surface area contributed by atoms with E-state index in [2.05, 4.69) is 4.72 Å². The number of anilines is 1. The van der Waals surface area contributed by atoms with Crippen molar-refractivity contribution in [3.05, 3.63) is 15.3 Å². The van der Waals surface area contributed by atoms with E-state index in [-0.39, 0.29) is 14.9 Å². The molecule has 1 aromatic rings. The molecular weight excluding hydrogens is 250 g/mol. The van der Waals surface area contributed by atoms with Gasteiger partial charge in [-0.25, -0.2) is 13.2 Å². The summed E-state index contributed by atoms with van der Waals surface area (Å²) in [4.78, 5) is 10.5. The number of aromatic carboxylic acids is 1. The Morgan fingerprint density at radius 1 is 1.64 bits per heavy atom. The van der Waals surface area contributed by atoms with Gasteiger partial charge in [-0.2, -0.15) is 0 Å². The third-order valence-corrected chi connectivity index (χ3v) is 3.03. The summed E-state index contributed by atoms with van der Waals surface area (Å²) >= 11 is 6.36. The predicted molar refractivity (Wildman–Crippen MR) is 54.8 cm³/mol. The van der Waals surface area contributed by atoms with E-state index in [1.54, 1.807) is 0 Å². The van der Waals surface area contributed by atoms with Gasteiger partial charge in [0.25, 0.3) is 0 Å². The number of halogens is 1. The SMILES string of the molecule is CS(=O)(=O)Nc1cc(Cl)sc1C(=O)O. The quantitative estimate of drug-likeness (QED) is 0.857. The zero-order valence-electron chi connectivity index (χ0n) is 6.94. The number of hydrogen-bond donors (Lipinski definition) is 2. The third-order valence-electron chi connectivity index (χ3n) is 1.19. The smallest absolute Gasteiger partial charge is 0.348 e. The van der Waals surface area contributed by atoms with Crippen LogP contribution in [0.4, 0.5) is 5.69 Å². The number of carbonyl (C=O) groups is 1. The maximum Gasteiger partial charge on any atom is 0.348 e. The van der Waals surface area contributed by atoms with Crippen LogP contribution in [0.15, 0.2) is 6.07 Å². The molecular formula is C6H6ClNO4S2.